The molecule has 2 heterocycles. The van der Waals surface area contributed by atoms with Crippen molar-refractivity contribution in [2.45, 2.75) is 19.8 Å². The van der Waals surface area contributed by atoms with Crippen molar-refractivity contribution in [1.29, 1.82) is 0 Å². The summed E-state index contributed by atoms with van der Waals surface area (Å²) in [5.41, 5.74) is 2.56. The molecular weight excluding hydrogens is 324 g/mol. The Balaban J connectivity index is 1.92. The van der Waals surface area contributed by atoms with Crippen molar-refractivity contribution in [1.82, 2.24) is 19.6 Å². The molecule has 0 radical (unpaired) electrons. The van der Waals surface area contributed by atoms with Crippen molar-refractivity contribution in [3.63, 3.8) is 0 Å². The molecule has 0 N–H and O–H groups in total. The standard InChI is InChI=1S/C18H23ClN4O/c1-3-5-17-16(18(24)22-10-8-21(2)9-11-22)13-20-23(17)15-7-4-6-14(19)12-15/h4,6-7,12-13H,3,5,8-11H2,1-2H3. The summed E-state index contributed by atoms with van der Waals surface area (Å²) < 4.78 is 1.85. The largest absolute Gasteiger partial charge is 0.336 e. The van der Waals surface area contributed by atoms with Gasteiger partial charge in [-0.2, -0.15) is 5.10 Å². The summed E-state index contributed by atoms with van der Waals surface area (Å²) in [6, 6.07) is 7.57. The lowest BCUT2D eigenvalue weighted by Gasteiger charge is -2.32. The van der Waals surface area contributed by atoms with Gasteiger partial charge in [-0.25, -0.2) is 4.68 Å². The summed E-state index contributed by atoms with van der Waals surface area (Å²) in [5.74, 6) is 0.0832. The second-order valence-electron chi connectivity index (χ2n) is 6.24. The van der Waals surface area contributed by atoms with Crippen LogP contribution in [0.3, 0.4) is 0 Å². The van der Waals surface area contributed by atoms with E-state index in [0.29, 0.717) is 10.6 Å². The third-order valence-electron chi connectivity index (χ3n) is 4.43. The molecule has 1 aliphatic rings. The van der Waals surface area contributed by atoms with Gasteiger partial charge in [0.25, 0.3) is 5.91 Å². The molecule has 0 saturated carbocycles. The topological polar surface area (TPSA) is 41.4 Å². The molecule has 0 aliphatic carbocycles. The zero-order chi connectivity index (χ0) is 17.1. The minimum atomic E-state index is 0.0832. The summed E-state index contributed by atoms with van der Waals surface area (Å²) in [4.78, 5) is 17.1. The molecule has 3 rings (SSSR count). The average Bonchev–Trinajstić information content (AvgIpc) is 2.99. The fourth-order valence-electron chi connectivity index (χ4n) is 3.04. The number of aromatic nitrogens is 2. The highest BCUT2D eigenvalue weighted by Gasteiger charge is 2.25. The van der Waals surface area contributed by atoms with E-state index in [9.17, 15) is 4.79 Å². The van der Waals surface area contributed by atoms with Crippen molar-refractivity contribution < 1.29 is 4.79 Å². The third kappa shape index (κ3) is 3.47. The van der Waals surface area contributed by atoms with Gasteiger partial charge in [0.05, 0.1) is 23.1 Å². The van der Waals surface area contributed by atoms with E-state index in [-0.39, 0.29) is 5.91 Å². The molecular formula is C18H23ClN4O. The lowest BCUT2D eigenvalue weighted by molar-refractivity contribution is 0.0663. The molecule has 1 saturated heterocycles. The van der Waals surface area contributed by atoms with Crippen LogP contribution in [0.15, 0.2) is 30.5 Å². The second-order valence-corrected chi connectivity index (χ2v) is 6.68. The molecule has 1 aromatic heterocycles. The van der Waals surface area contributed by atoms with Gasteiger partial charge in [0, 0.05) is 31.2 Å². The quantitative estimate of drug-likeness (QED) is 0.854. The Kier molecular flexibility index (Phi) is 5.21. The molecule has 1 aliphatic heterocycles. The van der Waals surface area contributed by atoms with E-state index in [1.54, 1.807) is 6.20 Å². The molecule has 5 nitrogen and oxygen atoms in total. The van der Waals surface area contributed by atoms with Crippen LogP contribution in [0.5, 0.6) is 0 Å². The number of rotatable bonds is 4. The van der Waals surface area contributed by atoms with E-state index >= 15 is 0 Å². The number of carbonyl (C=O) groups is 1. The number of benzene rings is 1. The monoisotopic (exact) mass is 346 g/mol. The zero-order valence-electron chi connectivity index (χ0n) is 14.2. The van der Waals surface area contributed by atoms with Gasteiger partial charge in [0.15, 0.2) is 0 Å². The Labute approximate surface area is 147 Å². The SMILES string of the molecule is CCCc1c(C(=O)N2CCN(C)CC2)cnn1-c1cccc(Cl)c1. The van der Waals surface area contributed by atoms with E-state index in [1.165, 1.54) is 0 Å². The van der Waals surface area contributed by atoms with Crippen LogP contribution < -0.4 is 0 Å². The van der Waals surface area contributed by atoms with Gasteiger partial charge in [0.2, 0.25) is 0 Å². The fourth-order valence-corrected chi connectivity index (χ4v) is 3.22. The number of hydrogen-bond acceptors (Lipinski definition) is 3. The number of carbonyl (C=O) groups excluding carboxylic acids is 1. The molecule has 6 heteroatoms. The van der Waals surface area contributed by atoms with Crippen molar-refractivity contribution in [3.8, 4) is 5.69 Å². The molecule has 1 amide bonds. The van der Waals surface area contributed by atoms with Crippen LogP contribution in [-0.4, -0.2) is 58.7 Å². The van der Waals surface area contributed by atoms with Crippen molar-refractivity contribution in [2.75, 3.05) is 33.2 Å². The molecule has 2 aromatic rings. The molecule has 0 spiro atoms. The predicted octanol–water partition coefficient (Wildman–Crippen LogP) is 2.87. The van der Waals surface area contributed by atoms with Crippen LogP contribution in [0.25, 0.3) is 5.69 Å². The van der Waals surface area contributed by atoms with E-state index < -0.39 is 0 Å². The van der Waals surface area contributed by atoms with Gasteiger partial charge in [-0.15, -0.1) is 0 Å². The summed E-state index contributed by atoms with van der Waals surface area (Å²) in [6.45, 7) is 5.47. The highest BCUT2D eigenvalue weighted by atomic mass is 35.5. The van der Waals surface area contributed by atoms with Crippen LogP contribution in [0, 0.1) is 0 Å². The van der Waals surface area contributed by atoms with Crippen molar-refractivity contribution in [2.24, 2.45) is 0 Å². The summed E-state index contributed by atoms with van der Waals surface area (Å²) >= 11 is 6.11. The van der Waals surface area contributed by atoms with Gasteiger partial charge in [0.1, 0.15) is 0 Å². The molecule has 24 heavy (non-hydrogen) atoms. The van der Waals surface area contributed by atoms with Gasteiger partial charge < -0.3 is 9.80 Å². The highest BCUT2D eigenvalue weighted by Crippen LogP contribution is 2.21. The maximum absolute atomic E-state index is 12.9. The molecule has 1 fully saturated rings. The Morgan fingerprint density at radius 3 is 2.67 bits per heavy atom. The van der Waals surface area contributed by atoms with E-state index in [1.807, 2.05) is 33.8 Å². The number of nitrogens with zero attached hydrogens (tertiary/aromatic N) is 4. The fraction of sp³-hybridized carbons (Fsp3) is 0.444. The summed E-state index contributed by atoms with van der Waals surface area (Å²) in [7, 11) is 2.08. The summed E-state index contributed by atoms with van der Waals surface area (Å²) in [5, 5.41) is 5.14. The van der Waals surface area contributed by atoms with E-state index in [2.05, 4.69) is 24.0 Å². The Bertz CT molecular complexity index is 720. The number of amides is 1. The third-order valence-corrected chi connectivity index (χ3v) is 4.66. The first-order valence-corrected chi connectivity index (χ1v) is 8.78. The Morgan fingerprint density at radius 1 is 1.25 bits per heavy atom. The number of likely N-dealkylation sites (N-methyl/N-ethyl adjacent to an activating group) is 1. The van der Waals surface area contributed by atoms with Crippen molar-refractivity contribution in [3.05, 3.63) is 46.7 Å². The Morgan fingerprint density at radius 2 is 2.00 bits per heavy atom. The smallest absolute Gasteiger partial charge is 0.257 e. The maximum atomic E-state index is 12.9. The van der Waals surface area contributed by atoms with Gasteiger partial charge in [-0.1, -0.05) is 31.0 Å². The second kappa shape index (κ2) is 7.36. The van der Waals surface area contributed by atoms with Gasteiger partial charge in [-0.3, -0.25) is 4.79 Å². The van der Waals surface area contributed by atoms with E-state index in [4.69, 9.17) is 11.6 Å². The van der Waals surface area contributed by atoms with Gasteiger partial charge in [-0.05, 0) is 31.7 Å². The van der Waals surface area contributed by atoms with Crippen LogP contribution in [0.2, 0.25) is 5.02 Å². The minimum absolute atomic E-state index is 0.0832. The van der Waals surface area contributed by atoms with Crippen LogP contribution in [0.4, 0.5) is 0 Å². The van der Waals surface area contributed by atoms with Crippen LogP contribution in [0.1, 0.15) is 29.4 Å². The minimum Gasteiger partial charge on any atom is -0.336 e. The molecule has 128 valence electrons. The molecule has 1 aromatic carbocycles. The van der Waals surface area contributed by atoms with Gasteiger partial charge >= 0.3 is 0 Å². The lowest BCUT2D eigenvalue weighted by atomic mass is 10.1. The Hall–Kier alpha value is -1.85. The zero-order valence-corrected chi connectivity index (χ0v) is 15.0. The highest BCUT2D eigenvalue weighted by molar-refractivity contribution is 6.30. The van der Waals surface area contributed by atoms with E-state index in [0.717, 1.165) is 50.4 Å². The summed E-state index contributed by atoms with van der Waals surface area (Å²) in [6.07, 6.45) is 3.46. The van der Waals surface area contributed by atoms with Crippen LogP contribution >= 0.6 is 11.6 Å². The average molecular weight is 347 g/mol. The lowest BCUT2D eigenvalue weighted by Crippen LogP contribution is -2.47. The molecule has 0 atom stereocenters. The first-order chi connectivity index (χ1) is 11.6. The van der Waals surface area contributed by atoms with Crippen LogP contribution in [-0.2, 0) is 6.42 Å². The molecule has 0 bridgehead atoms. The molecule has 0 unspecified atom stereocenters. The first kappa shape index (κ1) is 17.0. The number of hydrogen-bond donors (Lipinski definition) is 0. The normalized spacial score (nSPS) is 15.7. The van der Waals surface area contributed by atoms with Crippen molar-refractivity contribution >= 4 is 17.5 Å². The first-order valence-electron chi connectivity index (χ1n) is 8.40. The maximum Gasteiger partial charge on any atom is 0.257 e. The number of piperazine rings is 1. The number of halogens is 1. The predicted molar refractivity (Wildman–Crippen MR) is 96.0 cm³/mol.